The summed E-state index contributed by atoms with van der Waals surface area (Å²) in [5.74, 6) is 0.587. The standard InChI is InChI=1S/C26H24N6O3/c1-3-30(4-2)23-14-11-20(15-21(17-27)19-9-12-22(13-10-19)32(33)34)26(16-23)35-18-31-25-8-6-5-7-24(25)28-29-31/h5-16H,3-4,18H2,1-2H3. The summed E-state index contributed by atoms with van der Waals surface area (Å²) < 4.78 is 7.87. The molecule has 0 radical (unpaired) electrons. The van der Waals surface area contributed by atoms with Gasteiger partial charge in [0.05, 0.1) is 22.1 Å². The van der Waals surface area contributed by atoms with E-state index in [4.69, 9.17) is 4.74 Å². The number of non-ortho nitro benzene ring substituents is 1. The zero-order chi connectivity index (χ0) is 24.8. The van der Waals surface area contributed by atoms with E-state index in [0.717, 1.165) is 29.8 Å². The van der Waals surface area contributed by atoms with Gasteiger partial charge in [0.25, 0.3) is 5.69 Å². The van der Waals surface area contributed by atoms with Crippen molar-refractivity contribution in [3.05, 3.63) is 88.0 Å². The van der Waals surface area contributed by atoms with Crippen molar-refractivity contribution in [2.24, 2.45) is 0 Å². The van der Waals surface area contributed by atoms with Gasteiger partial charge in [-0.3, -0.25) is 10.1 Å². The van der Waals surface area contributed by atoms with Gasteiger partial charge in [-0.05, 0) is 61.9 Å². The predicted molar refractivity (Wildman–Crippen MR) is 135 cm³/mol. The number of fused-ring (bicyclic) bond motifs is 1. The van der Waals surface area contributed by atoms with Crippen LogP contribution in [0.3, 0.4) is 0 Å². The number of nitro groups is 1. The summed E-state index contributed by atoms with van der Waals surface area (Å²) in [6.45, 7) is 5.99. The molecular formula is C26H24N6O3. The summed E-state index contributed by atoms with van der Waals surface area (Å²) in [7, 11) is 0. The molecule has 0 saturated carbocycles. The fourth-order valence-electron chi connectivity index (χ4n) is 3.79. The Morgan fingerprint density at radius 2 is 1.89 bits per heavy atom. The van der Waals surface area contributed by atoms with Gasteiger partial charge >= 0.3 is 0 Å². The average molecular weight is 469 g/mol. The lowest BCUT2D eigenvalue weighted by Gasteiger charge is -2.22. The maximum atomic E-state index is 11.0. The van der Waals surface area contributed by atoms with Crippen LogP contribution < -0.4 is 9.64 Å². The second-order valence-corrected chi connectivity index (χ2v) is 7.72. The van der Waals surface area contributed by atoms with Crippen LogP contribution >= 0.6 is 0 Å². The minimum Gasteiger partial charge on any atom is -0.470 e. The fraction of sp³-hybridized carbons (Fsp3) is 0.192. The highest BCUT2D eigenvalue weighted by Gasteiger charge is 2.12. The molecule has 4 rings (SSSR count). The minimum atomic E-state index is -0.467. The highest BCUT2D eigenvalue weighted by Crippen LogP contribution is 2.30. The minimum absolute atomic E-state index is 0.0290. The van der Waals surface area contributed by atoms with Crippen molar-refractivity contribution in [1.29, 1.82) is 5.26 Å². The first-order valence-corrected chi connectivity index (χ1v) is 11.2. The zero-order valence-corrected chi connectivity index (χ0v) is 19.5. The Morgan fingerprint density at radius 3 is 2.57 bits per heavy atom. The number of aromatic nitrogens is 3. The number of ether oxygens (including phenoxy) is 1. The van der Waals surface area contributed by atoms with Gasteiger partial charge in [-0.2, -0.15) is 5.26 Å². The van der Waals surface area contributed by atoms with Gasteiger partial charge in [0, 0.05) is 42.5 Å². The topological polar surface area (TPSA) is 110 Å². The number of para-hydroxylation sites is 1. The first-order chi connectivity index (χ1) is 17.0. The number of anilines is 1. The summed E-state index contributed by atoms with van der Waals surface area (Å²) in [6.07, 6.45) is 1.72. The van der Waals surface area contributed by atoms with Crippen LogP contribution in [-0.2, 0) is 6.73 Å². The Bertz CT molecular complexity index is 1420. The SMILES string of the molecule is CCN(CC)c1ccc(C=C(C#N)c2ccc([N+](=O)[O-])cc2)c(OCn2nnc3ccccc32)c1. The van der Waals surface area contributed by atoms with Crippen molar-refractivity contribution in [2.45, 2.75) is 20.6 Å². The lowest BCUT2D eigenvalue weighted by atomic mass is 10.0. The van der Waals surface area contributed by atoms with Gasteiger partial charge in [0.1, 0.15) is 11.3 Å². The van der Waals surface area contributed by atoms with Gasteiger partial charge < -0.3 is 9.64 Å². The van der Waals surface area contributed by atoms with Crippen LogP contribution in [0.2, 0.25) is 0 Å². The first kappa shape index (κ1) is 23.4. The van der Waals surface area contributed by atoms with Crippen LogP contribution in [0.25, 0.3) is 22.7 Å². The Balaban J connectivity index is 1.70. The maximum Gasteiger partial charge on any atom is 0.269 e. The smallest absolute Gasteiger partial charge is 0.269 e. The normalized spacial score (nSPS) is 11.3. The van der Waals surface area contributed by atoms with E-state index in [2.05, 4.69) is 35.1 Å². The fourth-order valence-corrected chi connectivity index (χ4v) is 3.79. The van der Waals surface area contributed by atoms with E-state index >= 15 is 0 Å². The molecule has 0 unspecified atom stereocenters. The third kappa shape index (κ3) is 5.12. The molecule has 0 bridgehead atoms. The number of nitriles is 1. The summed E-state index contributed by atoms with van der Waals surface area (Å²) in [4.78, 5) is 12.7. The Labute approximate surface area is 202 Å². The van der Waals surface area contributed by atoms with E-state index < -0.39 is 4.92 Å². The second-order valence-electron chi connectivity index (χ2n) is 7.72. The summed E-state index contributed by atoms with van der Waals surface area (Å²) in [5, 5.41) is 29.1. The number of hydrogen-bond donors (Lipinski definition) is 0. The molecule has 0 aliphatic rings. The van der Waals surface area contributed by atoms with Crippen LogP contribution in [-0.4, -0.2) is 33.0 Å². The van der Waals surface area contributed by atoms with Crippen molar-refractivity contribution in [1.82, 2.24) is 15.0 Å². The Morgan fingerprint density at radius 1 is 1.14 bits per heavy atom. The molecule has 1 heterocycles. The van der Waals surface area contributed by atoms with E-state index in [0.29, 0.717) is 22.4 Å². The molecule has 3 aromatic carbocycles. The quantitative estimate of drug-likeness (QED) is 0.142. The second kappa shape index (κ2) is 10.5. The monoisotopic (exact) mass is 468 g/mol. The van der Waals surface area contributed by atoms with Crippen molar-refractivity contribution >= 4 is 34.1 Å². The first-order valence-electron chi connectivity index (χ1n) is 11.2. The molecule has 0 saturated heterocycles. The number of allylic oxidation sites excluding steroid dienone is 1. The number of nitro benzene ring substituents is 1. The molecule has 0 fully saturated rings. The summed E-state index contributed by atoms with van der Waals surface area (Å²) >= 11 is 0. The third-order valence-electron chi connectivity index (χ3n) is 5.70. The average Bonchev–Trinajstić information content (AvgIpc) is 3.30. The highest BCUT2D eigenvalue weighted by molar-refractivity contribution is 5.91. The molecule has 0 spiro atoms. The predicted octanol–water partition coefficient (Wildman–Crippen LogP) is 5.29. The highest BCUT2D eigenvalue weighted by atomic mass is 16.6. The molecule has 9 heteroatoms. The van der Waals surface area contributed by atoms with E-state index in [1.807, 2.05) is 42.5 Å². The van der Waals surface area contributed by atoms with E-state index in [1.165, 1.54) is 12.1 Å². The third-order valence-corrected chi connectivity index (χ3v) is 5.70. The van der Waals surface area contributed by atoms with E-state index in [-0.39, 0.29) is 12.4 Å². The summed E-state index contributed by atoms with van der Waals surface area (Å²) in [5.41, 5.74) is 4.26. The molecule has 176 valence electrons. The maximum absolute atomic E-state index is 11.0. The van der Waals surface area contributed by atoms with Crippen LogP contribution in [0, 0.1) is 21.4 Å². The van der Waals surface area contributed by atoms with Gasteiger partial charge in [-0.1, -0.05) is 17.3 Å². The van der Waals surface area contributed by atoms with Gasteiger partial charge in [-0.15, -0.1) is 5.10 Å². The lowest BCUT2D eigenvalue weighted by Crippen LogP contribution is -2.21. The van der Waals surface area contributed by atoms with Crippen LogP contribution in [0.1, 0.15) is 25.0 Å². The van der Waals surface area contributed by atoms with Gasteiger partial charge in [0.2, 0.25) is 0 Å². The molecule has 0 aliphatic heterocycles. The number of hydrogen-bond acceptors (Lipinski definition) is 7. The molecular weight excluding hydrogens is 444 g/mol. The lowest BCUT2D eigenvalue weighted by molar-refractivity contribution is -0.384. The van der Waals surface area contributed by atoms with Crippen LogP contribution in [0.5, 0.6) is 5.75 Å². The Hall–Kier alpha value is -4.71. The summed E-state index contributed by atoms with van der Waals surface area (Å²) in [6, 6.07) is 21.6. The molecule has 35 heavy (non-hydrogen) atoms. The van der Waals surface area contributed by atoms with Crippen LogP contribution in [0.4, 0.5) is 11.4 Å². The van der Waals surface area contributed by atoms with E-state index in [9.17, 15) is 15.4 Å². The van der Waals surface area contributed by atoms with Crippen molar-refractivity contribution in [3.8, 4) is 11.8 Å². The molecule has 9 nitrogen and oxygen atoms in total. The molecule has 0 atom stereocenters. The molecule has 1 aromatic heterocycles. The number of nitrogens with zero attached hydrogens (tertiary/aromatic N) is 6. The molecule has 0 amide bonds. The number of benzene rings is 3. The largest absolute Gasteiger partial charge is 0.470 e. The zero-order valence-electron chi connectivity index (χ0n) is 19.5. The molecule has 0 N–H and O–H groups in total. The molecule has 4 aromatic rings. The van der Waals surface area contributed by atoms with Crippen molar-refractivity contribution < 1.29 is 9.66 Å². The Kier molecular flexibility index (Phi) is 7.02. The van der Waals surface area contributed by atoms with Gasteiger partial charge in [-0.25, -0.2) is 4.68 Å². The number of rotatable bonds is 9. The van der Waals surface area contributed by atoms with Gasteiger partial charge in [0.15, 0.2) is 6.73 Å². The van der Waals surface area contributed by atoms with Crippen LogP contribution in [0.15, 0.2) is 66.7 Å². The van der Waals surface area contributed by atoms with Crippen molar-refractivity contribution in [3.63, 3.8) is 0 Å². The van der Waals surface area contributed by atoms with E-state index in [1.54, 1.807) is 22.9 Å². The van der Waals surface area contributed by atoms with Crippen molar-refractivity contribution in [2.75, 3.05) is 18.0 Å². The molecule has 0 aliphatic carbocycles.